The van der Waals surface area contributed by atoms with Gasteiger partial charge < -0.3 is 20.1 Å². The molecule has 10 heteroatoms. The molecule has 0 atom stereocenters. The van der Waals surface area contributed by atoms with Gasteiger partial charge in [-0.15, -0.1) is 0 Å². The average molecular weight is 464 g/mol. The third-order valence-electron chi connectivity index (χ3n) is 4.29. The van der Waals surface area contributed by atoms with Crippen LogP contribution in [-0.2, 0) is 14.4 Å². The zero-order chi connectivity index (χ0) is 24.3. The van der Waals surface area contributed by atoms with Crippen LogP contribution in [0.1, 0.15) is 5.56 Å². The van der Waals surface area contributed by atoms with Gasteiger partial charge in [0.15, 0.2) is 6.61 Å². The van der Waals surface area contributed by atoms with Crippen molar-refractivity contribution in [3.63, 3.8) is 0 Å². The number of benzene rings is 3. The van der Waals surface area contributed by atoms with E-state index in [0.29, 0.717) is 28.4 Å². The Bertz CT molecular complexity index is 1180. The maximum Gasteiger partial charge on any atom is 0.329 e. The lowest BCUT2D eigenvalue weighted by Gasteiger charge is -2.08. The summed E-state index contributed by atoms with van der Waals surface area (Å²) in [5.41, 5.74) is 3.57. The summed E-state index contributed by atoms with van der Waals surface area (Å²) in [5.74, 6) is -1.64. The molecule has 0 fully saturated rings. The highest BCUT2D eigenvalue weighted by atomic mass is 19.1. The number of amides is 3. The van der Waals surface area contributed by atoms with Crippen LogP contribution in [0.25, 0.3) is 0 Å². The Balaban J connectivity index is 1.46. The van der Waals surface area contributed by atoms with Gasteiger partial charge in [-0.1, -0.05) is 12.1 Å². The zero-order valence-electron chi connectivity index (χ0n) is 18.1. The molecule has 0 spiro atoms. The maximum absolute atomic E-state index is 12.9. The van der Waals surface area contributed by atoms with Gasteiger partial charge >= 0.3 is 11.8 Å². The number of hydrogen-bond donors (Lipinski definition) is 3. The van der Waals surface area contributed by atoms with E-state index in [-0.39, 0.29) is 6.61 Å². The van der Waals surface area contributed by atoms with Crippen LogP contribution in [-0.4, -0.2) is 37.7 Å². The molecule has 34 heavy (non-hydrogen) atoms. The Morgan fingerprint density at radius 3 is 2.26 bits per heavy atom. The van der Waals surface area contributed by atoms with Gasteiger partial charge in [0.25, 0.3) is 5.91 Å². The van der Waals surface area contributed by atoms with Crippen molar-refractivity contribution in [3.8, 4) is 11.5 Å². The van der Waals surface area contributed by atoms with E-state index in [0.717, 1.165) is 0 Å². The van der Waals surface area contributed by atoms with E-state index in [1.54, 1.807) is 48.5 Å². The molecule has 0 bridgehead atoms. The molecule has 3 aromatic carbocycles. The highest BCUT2D eigenvalue weighted by Gasteiger charge is 2.12. The molecule has 3 aromatic rings. The van der Waals surface area contributed by atoms with E-state index in [1.807, 2.05) is 0 Å². The molecular formula is C24H21FN4O5. The van der Waals surface area contributed by atoms with Crippen molar-refractivity contribution in [2.24, 2.45) is 5.10 Å². The minimum atomic E-state index is -0.947. The van der Waals surface area contributed by atoms with E-state index < -0.39 is 23.5 Å². The molecule has 0 aromatic heterocycles. The normalized spacial score (nSPS) is 10.4. The minimum Gasteiger partial charge on any atom is -0.497 e. The Morgan fingerprint density at radius 2 is 1.56 bits per heavy atom. The quantitative estimate of drug-likeness (QED) is 0.269. The van der Waals surface area contributed by atoms with Crippen LogP contribution >= 0.6 is 0 Å². The average Bonchev–Trinajstić information content (AvgIpc) is 2.85. The van der Waals surface area contributed by atoms with Gasteiger partial charge in [0.2, 0.25) is 0 Å². The van der Waals surface area contributed by atoms with Gasteiger partial charge in [0.05, 0.1) is 13.3 Å². The highest BCUT2D eigenvalue weighted by Crippen LogP contribution is 2.15. The lowest BCUT2D eigenvalue weighted by Crippen LogP contribution is -2.32. The number of rotatable bonds is 8. The first kappa shape index (κ1) is 23.9. The van der Waals surface area contributed by atoms with E-state index in [1.165, 1.54) is 37.6 Å². The zero-order valence-corrected chi connectivity index (χ0v) is 18.1. The summed E-state index contributed by atoms with van der Waals surface area (Å²) in [6.45, 7) is -0.264. The van der Waals surface area contributed by atoms with Crippen molar-refractivity contribution >= 4 is 35.3 Å². The monoisotopic (exact) mass is 464 g/mol. The number of ether oxygens (including phenoxy) is 2. The summed E-state index contributed by atoms with van der Waals surface area (Å²) in [4.78, 5) is 35.9. The molecule has 3 amide bonds. The van der Waals surface area contributed by atoms with Gasteiger partial charge in [-0.05, 0) is 66.2 Å². The summed E-state index contributed by atoms with van der Waals surface area (Å²) >= 11 is 0. The van der Waals surface area contributed by atoms with Gasteiger partial charge in [-0.3, -0.25) is 14.4 Å². The lowest BCUT2D eigenvalue weighted by molar-refractivity contribution is -0.136. The van der Waals surface area contributed by atoms with Crippen molar-refractivity contribution in [1.82, 2.24) is 5.43 Å². The fraction of sp³-hybridized carbons (Fsp3) is 0.0833. The predicted molar refractivity (Wildman–Crippen MR) is 124 cm³/mol. The first-order valence-electron chi connectivity index (χ1n) is 9.99. The lowest BCUT2D eigenvalue weighted by atomic mass is 10.2. The van der Waals surface area contributed by atoms with Crippen LogP contribution in [0.5, 0.6) is 11.5 Å². The van der Waals surface area contributed by atoms with Crippen LogP contribution < -0.4 is 25.5 Å². The van der Waals surface area contributed by atoms with Crippen LogP contribution in [0.4, 0.5) is 15.8 Å². The molecule has 174 valence electrons. The van der Waals surface area contributed by atoms with Crippen molar-refractivity contribution in [2.75, 3.05) is 24.4 Å². The molecule has 0 aliphatic carbocycles. The van der Waals surface area contributed by atoms with Gasteiger partial charge in [-0.2, -0.15) is 5.10 Å². The molecule has 9 nitrogen and oxygen atoms in total. The van der Waals surface area contributed by atoms with E-state index in [9.17, 15) is 18.8 Å². The SMILES string of the molecule is COc1ccc(NC(=O)C(=O)N/N=C\c2cccc(OCC(=O)Nc3ccc(F)cc3)c2)cc1. The fourth-order valence-corrected chi connectivity index (χ4v) is 2.64. The first-order chi connectivity index (χ1) is 16.4. The molecule has 0 aliphatic rings. The Kier molecular flexibility index (Phi) is 8.28. The number of hydrazone groups is 1. The molecule has 0 saturated heterocycles. The first-order valence-corrected chi connectivity index (χ1v) is 9.99. The summed E-state index contributed by atoms with van der Waals surface area (Å²) in [6.07, 6.45) is 1.32. The molecular weight excluding hydrogens is 443 g/mol. The van der Waals surface area contributed by atoms with Gasteiger partial charge in [0.1, 0.15) is 17.3 Å². The molecule has 3 rings (SSSR count). The van der Waals surface area contributed by atoms with Crippen LogP contribution in [0.3, 0.4) is 0 Å². The van der Waals surface area contributed by atoms with Crippen LogP contribution in [0.15, 0.2) is 77.9 Å². The number of hydrogen-bond acceptors (Lipinski definition) is 6. The summed E-state index contributed by atoms with van der Waals surface area (Å²) < 4.78 is 23.4. The van der Waals surface area contributed by atoms with Crippen LogP contribution in [0.2, 0.25) is 0 Å². The van der Waals surface area contributed by atoms with Gasteiger partial charge in [0, 0.05) is 11.4 Å². The second-order valence-electron chi connectivity index (χ2n) is 6.80. The third kappa shape index (κ3) is 7.45. The van der Waals surface area contributed by atoms with E-state index >= 15 is 0 Å². The molecule has 0 unspecified atom stereocenters. The number of carbonyl (C=O) groups is 3. The topological polar surface area (TPSA) is 118 Å². The number of anilines is 2. The summed E-state index contributed by atoms with van der Waals surface area (Å²) in [5, 5.41) is 8.79. The Morgan fingerprint density at radius 1 is 0.882 bits per heavy atom. The number of carbonyl (C=O) groups excluding carboxylic acids is 3. The van der Waals surface area contributed by atoms with E-state index in [4.69, 9.17) is 9.47 Å². The molecule has 0 saturated carbocycles. The van der Waals surface area contributed by atoms with E-state index in [2.05, 4.69) is 21.2 Å². The van der Waals surface area contributed by atoms with Crippen molar-refractivity contribution < 1.29 is 28.2 Å². The number of nitrogens with one attached hydrogen (secondary N) is 3. The van der Waals surface area contributed by atoms with Crippen LogP contribution in [0, 0.1) is 5.82 Å². The molecule has 0 radical (unpaired) electrons. The minimum absolute atomic E-state index is 0.264. The second-order valence-corrected chi connectivity index (χ2v) is 6.80. The smallest absolute Gasteiger partial charge is 0.329 e. The Labute approximate surface area is 194 Å². The highest BCUT2D eigenvalue weighted by molar-refractivity contribution is 6.39. The maximum atomic E-state index is 12.9. The summed E-state index contributed by atoms with van der Waals surface area (Å²) in [7, 11) is 1.52. The Hall–Kier alpha value is -4.73. The molecule has 0 aliphatic heterocycles. The largest absolute Gasteiger partial charge is 0.497 e. The van der Waals surface area contributed by atoms with Gasteiger partial charge in [-0.25, -0.2) is 9.82 Å². The standard InChI is InChI=1S/C24H21FN4O5/c1-33-20-11-9-19(10-12-20)28-23(31)24(32)29-26-14-16-3-2-4-21(13-16)34-15-22(30)27-18-7-5-17(25)6-8-18/h2-14H,15H2,1H3,(H,27,30)(H,28,31)(H,29,32)/b26-14-. The third-order valence-corrected chi connectivity index (χ3v) is 4.29. The van der Waals surface area contributed by atoms with Crippen molar-refractivity contribution in [3.05, 3.63) is 84.2 Å². The molecule has 0 heterocycles. The number of methoxy groups -OCH3 is 1. The number of halogens is 1. The second kappa shape index (κ2) is 11.8. The summed E-state index contributed by atoms with van der Waals surface area (Å²) in [6, 6.07) is 18.4. The van der Waals surface area contributed by atoms with Crippen molar-refractivity contribution in [1.29, 1.82) is 0 Å². The fourth-order valence-electron chi connectivity index (χ4n) is 2.64. The van der Waals surface area contributed by atoms with Crippen molar-refractivity contribution in [2.45, 2.75) is 0 Å². The number of nitrogens with zero attached hydrogens (tertiary/aromatic N) is 1. The predicted octanol–water partition coefficient (Wildman–Crippen LogP) is 2.94. The molecule has 3 N–H and O–H groups in total.